The number of amides is 1. The lowest BCUT2D eigenvalue weighted by Gasteiger charge is -2.22. The number of carbonyl (C=O) groups excluding carboxylic acids is 1. The first-order valence-corrected chi connectivity index (χ1v) is 14.1. The van der Waals surface area contributed by atoms with Gasteiger partial charge in [-0.3, -0.25) is 29.1 Å². The molecule has 1 atom stereocenters. The number of hydrogen-bond acceptors (Lipinski definition) is 8. The first-order valence-electron chi connectivity index (χ1n) is 13.3. The molecule has 0 saturated carbocycles. The van der Waals surface area contributed by atoms with Crippen molar-refractivity contribution < 1.29 is 4.79 Å². The van der Waals surface area contributed by atoms with Crippen LogP contribution in [0.3, 0.4) is 0 Å². The first-order chi connectivity index (χ1) is 20.2. The predicted molar refractivity (Wildman–Crippen MR) is 168 cm³/mol. The van der Waals surface area contributed by atoms with Crippen LogP contribution in [0.2, 0.25) is 5.02 Å². The van der Waals surface area contributed by atoms with Crippen molar-refractivity contribution >= 4 is 41.0 Å². The number of benzene rings is 1. The molecule has 0 aliphatic heterocycles. The Bertz CT molecular complexity index is 1640. The second kappa shape index (κ2) is 14.1. The van der Waals surface area contributed by atoms with Crippen LogP contribution in [0, 0.1) is 5.92 Å². The topological polar surface area (TPSA) is 145 Å². The molecule has 5 N–H and O–H groups in total. The van der Waals surface area contributed by atoms with Gasteiger partial charge in [0.25, 0.3) is 5.56 Å². The van der Waals surface area contributed by atoms with Crippen LogP contribution in [-0.2, 0) is 4.79 Å². The fraction of sp³-hybridized carbons (Fsp3) is 0.233. The zero-order chi connectivity index (χ0) is 30.2. The summed E-state index contributed by atoms with van der Waals surface area (Å²) in [6, 6.07) is 13.3. The van der Waals surface area contributed by atoms with E-state index in [9.17, 15) is 9.59 Å². The fourth-order valence-electron chi connectivity index (χ4n) is 4.67. The van der Waals surface area contributed by atoms with Crippen molar-refractivity contribution in [2.24, 2.45) is 17.5 Å². The van der Waals surface area contributed by atoms with Gasteiger partial charge < -0.3 is 11.1 Å². The summed E-state index contributed by atoms with van der Waals surface area (Å²) in [5.74, 6) is 6.65. The normalized spacial score (nSPS) is 12.3. The third kappa shape index (κ3) is 7.52. The zero-order valence-electron chi connectivity index (χ0n) is 23.2. The van der Waals surface area contributed by atoms with Crippen LogP contribution in [0.25, 0.3) is 22.5 Å². The summed E-state index contributed by atoms with van der Waals surface area (Å²) >= 11 is 12.1. The Kier molecular flexibility index (Phi) is 10.3. The minimum absolute atomic E-state index is 0.0134. The van der Waals surface area contributed by atoms with Crippen LogP contribution in [0.5, 0.6) is 0 Å². The van der Waals surface area contributed by atoms with Gasteiger partial charge >= 0.3 is 0 Å². The monoisotopic (exact) mass is 606 g/mol. The second-order valence-electron chi connectivity index (χ2n) is 10.1. The summed E-state index contributed by atoms with van der Waals surface area (Å²) < 4.78 is 1.58. The van der Waals surface area contributed by atoms with Crippen molar-refractivity contribution in [1.29, 1.82) is 0 Å². The molecular weight excluding hydrogens is 575 g/mol. The molecule has 12 heteroatoms. The van der Waals surface area contributed by atoms with Gasteiger partial charge in [0.05, 0.1) is 47.0 Å². The van der Waals surface area contributed by atoms with E-state index in [1.54, 1.807) is 47.3 Å². The standard InChI is InChI=1S/C30H32Cl2N8O2/c1-19(2)5-3-7-27(25-13-20(10-12-35-25)30-23(38-18-41)6-4-11-36-30)39-17-37-24(15-29(39)42)22-14-21(31)8-9-26(22)40(34)16-28(32)33/h4,6,8-19,27H,3,5,7,33-34H2,1-2H3,(H,38,41)/b28-16-. The molecule has 4 aromatic rings. The molecule has 10 nitrogen and oxygen atoms in total. The van der Waals surface area contributed by atoms with Crippen molar-refractivity contribution in [3.8, 4) is 22.5 Å². The van der Waals surface area contributed by atoms with Crippen molar-refractivity contribution in [1.82, 2.24) is 19.5 Å². The van der Waals surface area contributed by atoms with Gasteiger partial charge in [-0.15, -0.1) is 0 Å². The molecule has 0 radical (unpaired) electrons. The Hall–Kier alpha value is -4.25. The third-order valence-electron chi connectivity index (χ3n) is 6.62. The molecule has 0 saturated heterocycles. The number of nitrogens with one attached hydrogen (secondary N) is 1. The lowest BCUT2D eigenvalue weighted by molar-refractivity contribution is -0.105. The molecule has 1 aromatic carbocycles. The van der Waals surface area contributed by atoms with E-state index < -0.39 is 6.04 Å². The van der Waals surface area contributed by atoms with E-state index in [-0.39, 0.29) is 10.7 Å². The molecule has 3 aromatic heterocycles. The van der Waals surface area contributed by atoms with Gasteiger partial charge in [0.1, 0.15) is 5.16 Å². The number of aromatic nitrogens is 4. The fourth-order valence-corrected chi connectivity index (χ4v) is 4.95. The van der Waals surface area contributed by atoms with Crippen molar-refractivity contribution in [2.75, 3.05) is 10.3 Å². The summed E-state index contributed by atoms with van der Waals surface area (Å²) in [5, 5.41) is 4.37. The van der Waals surface area contributed by atoms with Gasteiger partial charge in [0.15, 0.2) is 0 Å². The Balaban J connectivity index is 1.78. The van der Waals surface area contributed by atoms with Gasteiger partial charge in [-0.05, 0) is 54.8 Å². The average Bonchev–Trinajstić information content (AvgIpc) is 2.95. The lowest BCUT2D eigenvalue weighted by Crippen LogP contribution is -2.27. The maximum atomic E-state index is 13.7. The number of halogens is 2. The van der Waals surface area contributed by atoms with Crippen LogP contribution in [0.15, 0.2) is 83.4 Å². The van der Waals surface area contributed by atoms with Crippen molar-refractivity contribution in [2.45, 2.75) is 39.2 Å². The highest BCUT2D eigenvalue weighted by Crippen LogP contribution is 2.32. The SMILES string of the molecule is CC(C)CCCC(c1cc(-c2ncccc2NC=O)ccn1)n1cnc(-c2cc(Cl)ccc2N(N)/C=C(\N)Cl)cc1=O. The molecule has 1 amide bonds. The van der Waals surface area contributed by atoms with Gasteiger partial charge in [0, 0.05) is 34.6 Å². The highest BCUT2D eigenvalue weighted by molar-refractivity contribution is 6.31. The van der Waals surface area contributed by atoms with Gasteiger partial charge in [0.2, 0.25) is 6.41 Å². The number of pyridine rings is 2. The molecule has 0 aliphatic rings. The summed E-state index contributed by atoms with van der Waals surface area (Å²) in [6.45, 7) is 4.32. The summed E-state index contributed by atoms with van der Waals surface area (Å²) in [4.78, 5) is 38.5. The van der Waals surface area contributed by atoms with Crippen LogP contribution in [0.4, 0.5) is 11.4 Å². The quantitative estimate of drug-likeness (QED) is 0.0807. The van der Waals surface area contributed by atoms with E-state index in [0.29, 0.717) is 57.8 Å². The predicted octanol–water partition coefficient (Wildman–Crippen LogP) is 5.68. The molecule has 3 heterocycles. The Morgan fingerprint density at radius 2 is 1.90 bits per heavy atom. The smallest absolute Gasteiger partial charge is 0.254 e. The summed E-state index contributed by atoms with van der Waals surface area (Å²) in [6.07, 6.45) is 9.32. The molecule has 42 heavy (non-hydrogen) atoms. The van der Waals surface area contributed by atoms with Gasteiger partial charge in [-0.25, -0.2) is 10.8 Å². The molecule has 0 aliphatic carbocycles. The van der Waals surface area contributed by atoms with Crippen LogP contribution in [-0.4, -0.2) is 25.9 Å². The molecule has 218 valence electrons. The van der Waals surface area contributed by atoms with Crippen LogP contribution < -0.4 is 27.5 Å². The highest BCUT2D eigenvalue weighted by atomic mass is 35.5. The van der Waals surface area contributed by atoms with Crippen molar-refractivity contribution in [3.63, 3.8) is 0 Å². The molecule has 0 bridgehead atoms. The minimum Gasteiger partial charge on any atom is -0.388 e. The maximum Gasteiger partial charge on any atom is 0.254 e. The largest absolute Gasteiger partial charge is 0.388 e. The molecule has 0 fully saturated rings. The molecule has 1 unspecified atom stereocenters. The van der Waals surface area contributed by atoms with Crippen molar-refractivity contribution in [3.05, 3.63) is 99.7 Å². The number of nitrogens with zero attached hydrogens (tertiary/aromatic N) is 5. The maximum absolute atomic E-state index is 13.7. The van der Waals surface area contributed by atoms with Gasteiger partial charge in [-0.1, -0.05) is 49.9 Å². The van der Waals surface area contributed by atoms with E-state index in [1.807, 2.05) is 12.1 Å². The Morgan fingerprint density at radius 1 is 1.10 bits per heavy atom. The number of carbonyl (C=O) groups is 1. The number of rotatable bonds is 12. The van der Waals surface area contributed by atoms with E-state index in [4.69, 9.17) is 34.8 Å². The third-order valence-corrected chi connectivity index (χ3v) is 6.96. The second-order valence-corrected chi connectivity index (χ2v) is 10.9. The molecule has 4 rings (SSSR count). The number of anilines is 2. The van der Waals surface area contributed by atoms with E-state index in [2.05, 4.69) is 34.1 Å². The minimum atomic E-state index is -0.396. The summed E-state index contributed by atoms with van der Waals surface area (Å²) in [5.41, 5.74) is 9.34. The Labute approximate surface area is 254 Å². The average molecular weight is 608 g/mol. The van der Waals surface area contributed by atoms with Crippen LogP contribution >= 0.6 is 23.2 Å². The lowest BCUT2D eigenvalue weighted by atomic mass is 9.99. The number of hydrazine groups is 1. The van der Waals surface area contributed by atoms with E-state index in [1.165, 1.54) is 23.6 Å². The van der Waals surface area contributed by atoms with E-state index >= 15 is 0 Å². The molecule has 0 spiro atoms. The highest BCUT2D eigenvalue weighted by Gasteiger charge is 2.20. The zero-order valence-corrected chi connectivity index (χ0v) is 24.8. The van der Waals surface area contributed by atoms with Gasteiger partial charge in [-0.2, -0.15) is 0 Å². The number of nitrogens with two attached hydrogens (primary N) is 2. The van der Waals surface area contributed by atoms with Crippen LogP contribution in [0.1, 0.15) is 44.8 Å². The Morgan fingerprint density at radius 3 is 2.62 bits per heavy atom. The molecular formula is C30H32Cl2N8O2. The summed E-state index contributed by atoms with van der Waals surface area (Å²) in [7, 11) is 0. The first kappa shape index (κ1) is 30.7. The number of hydrogen-bond donors (Lipinski definition) is 3. The van der Waals surface area contributed by atoms with E-state index in [0.717, 1.165) is 18.4 Å².